The molecule has 1 aromatic heterocycles. The van der Waals surface area contributed by atoms with Crippen LogP contribution in [0.5, 0.6) is 5.75 Å². The number of carbonyl (C=O) groups is 3. The van der Waals surface area contributed by atoms with Gasteiger partial charge in [-0.3, -0.25) is 19.3 Å². The Morgan fingerprint density at radius 3 is 2.41 bits per heavy atom. The molecule has 1 aromatic carbocycles. The summed E-state index contributed by atoms with van der Waals surface area (Å²) in [6, 6.07) is 4.37. The van der Waals surface area contributed by atoms with Crippen molar-refractivity contribution in [3.63, 3.8) is 0 Å². The average molecular weight is 553 g/mol. The van der Waals surface area contributed by atoms with E-state index in [2.05, 4.69) is 5.18 Å². The minimum absolute atomic E-state index is 0.0152. The maximum Gasteiger partial charge on any atom is 0.255 e. The molecule has 204 valence electrons. The number of fused-ring (bicyclic) bond motifs is 3. The van der Waals surface area contributed by atoms with Crippen LogP contribution in [0.1, 0.15) is 22.3 Å². The van der Waals surface area contributed by atoms with Gasteiger partial charge in [0, 0.05) is 41.7 Å². The number of nitrogens with two attached hydrogens (primary N) is 1. The smallest absolute Gasteiger partial charge is 0.255 e. The molecule has 0 fully saturated rings. The fourth-order valence-electron chi connectivity index (χ4n) is 6.47. The molecule has 0 saturated heterocycles. The van der Waals surface area contributed by atoms with E-state index in [1.807, 2.05) is 36.5 Å². The number of amides is 1. The van der Waals surface area contributed by atoms with Crippen LogP contribution in [0, 0.1) is 16.7 Å². The first-order valence-electron chi connectivity index (χ1n) is 12.2. The summed E-state index contributed by atoms with van der Waals surface area (Å²) in [7, 11) is 6.79. The normalized spacial score (nSPS) is 26.3. The van der Waals surface area contributed by atoms with Gasteiger partial charge in [0.15, 0.2) is 5.78 Å². The molecular formula is C27H28N4O7S. The predicted molar refractivity (Wildman–Crippen MR) is 145 cm³/mol. The van der Waals surface area contributed by atoms with Crippen molar-refractivity contribution in [3.05, 3.63) is 62.3 Å². The molecule has 2 aromatic rings. The molecule has 12 heteroatoms. The fraction of sp³-hybridized carbons (Fsp3) is 0.370. The molecule has 0 saturated carbocycles. The van der Waals surface area contributed by atoms with Crippen LogP contribution >= 0.6 is 11.3 Å². The van der Waals surface area contributed by atoms with Crippen LogP contribution in [-0.2, 0) is 16.0 Å². The Kier molecular flexibility index (Phi) is 6.15. The second-order valence-corrected chi connectivity index (χ2v) is 11.5. The van der Waals surface area contributed by atoms with Gasteiger partial charge in [-0.1, -0.05) is 6.07 Å². The number of primary amides is 1. The molecule has 39 heavy (non-hydrogen) atoms. The van der Waals surface area contributed by atoms with Crippen molar-refractivity contribution in [3.8, 4) is 16.2 Å². The van der Waals surface area contributed by atoms with E-state index in [0.29, 0.717) is 16.8 Å². The maximum atomic E-state index is 14.1. The van der Waals surface area contributed by atoms with Gasteiger partial charge in [-0.2, -0.15) is 0 Å². The number of likely N-dealkylation sites (N-methyl/N-ethyl adjacent to an activating group) is 1. The van der Waals surface area contributed by atoms with Crippen LogP contribution in [0.4, 0.5) is 5.69 Å². The lowest BCUT2D eigenvalue weighted by Crippen LogP contribution is -2.62. The number of carbonyl (C=O) groups excluding carboxylic acids is 3. The highest BCUT2D eigenvalue weighted by Gasteiger charge is 2.65. The number of aliphatic hydroxyl groups excluding tert-OH is 2. The summed E-state index contributed by atoms with van der Waals surface area (Å²) in [6.45, 7) is 0. The Balaban J connectivity index is 1.79. The third-order valence-corrected chi connectivity index (χ3v) is 9.01. The molecule has 11 nitrogen and oxygen atoms in total. The van der Waals surface area contributed by atoms with Crippen molar-refractivity contribution < 1.29 is 29.7 Å². The number of Topliss-reactive ketones (excluding diaryl/α,β-unsaturated/α-hetero) is 2. The van der Waals surface area contributed by atoms with Gasteiger partial charge in [0.25, 0.3) is 5.91 Å². The van der Waals surface area contributed by atoms with E-state index in [1.54, 1.807) is 20.2 Å². The summed E-state index contributed by atoms with van der Waals surface area (Å²) in [6.07, 6.45) is 0.223. The van der Waals surface area contributed by atoms with E-state index in [0.717, 1.165) is 4.88 Å². The van der Waals surface area contributed by atoms with Crippen LogP contribution in [-0.4, -0.2) is 77.5 Å². The van der Waals surface area contributed by atoms with E-state index >= 15 is 0 Å². The number of benzene rings is 1. The highest BCUT2D eigenvalue weighted by molar-refractivity contribution is 7.13. The maximum absolute atomic E-state index is 14.1. The number of nitrogens with zero attached hydrogens (tertiary/aromatic N) is 3. The monoisotopic (exact) mass is 552 g/mol. The first kappa shape index (κ1) is 26.6. The molecule has 0 aliphatic heterocycles. The number of phenols is 1. The van der Waals surface area contributed by atoms with Gasteiger partial charge < -0.3 is 26.0 Å². The Morgan fingerprint density at radius 2 is 1.87 bits per heavy atom. The van der Waals surface area contributed by atoms with Crippen LogP contribution in [0.3, 0.4) is 0 Å². The van der Waals surface area contributed by atoms with Crippen LogP contribution in [0.25, 0.3) is 10.4 Å². The SMILES string of the molecule is CN(C)c1cc(-c2cccs2)c(O)c2c1C[C@H]1C[C@H]3[C@H](N(C)C)C(O)=C(C(N)=O)C(=O)[C@@]3(N=O)C(O)=C1C2=O. The first-order valence-corrected chi connectivity index (χ1v) is 13.1. The third-order valence-electron chi connectivity index (χ3n) is 8.11. The van der Waals surface area contributed by atoms with E-state index in [-0.39, 0.29) is 29.7 Å². The van der Waals surface area contributed by atoms with Crippen LogP contribution in [0.2, 0.25) is 0 Å². The highest BCUT2D eigenvalue weighted by atomic mass is 32.1. The second-order valence-electron chi connectivity index (χ2n) is 10.6. The molecule has 1 amide bonds. The largest absolute Gasteiger partial charge is 0.510 e. The molecular weight excluding hydrogens is 524 g/mol. The number of rotatable bonds is 5. The highest BCUT2D eigenvalue weighted by Crippen LogP contribution is 2.55. The van der Waals surface area contributed by atoms with Crippen molar-refractivity contribution in [1.82, 2.24) is 4.90 Å². The topological polar surface area (TPSA) is 174 Å². The van der Waals surface area contributed by atoms with Gasteiger partial charge in [-0.25, -0.2) is 0 Å². The van der Waals surface area contributed by atoms with E-state index < -0.39 is 58.0 Å². The number of phenolic OH excluding ortho intramolecular Hbond substituents is 1. The number of thiophene rings is 1. The number of allylic oxidation sites excluding steroid dienone is 1. The molecule has 0 radical (unpaired) electrons. The van der Waals surface area contributed by atoms with Crippen molar-refractivity contribution in [2.45, 2.75) is 24.4 Å². The Bertz CT molecular complexity index is 1510. The van der Waals surface area contributed by atoms with Gasteiger partial charge >= 0.3 is 0 Å². The lowest BCUT2D eigenvalue weighted by molar-refractivity contribution is -0.129. The summed E-state index contributed by atoms with van der Waals surface area (Å²) in [4.78, 5) is 56.5. The zero-order chi connectivity index (χ0) is 28.5. The number of anilines is 1. The molecule has 1 heterocycles. The lowest BCUT2D eigenvalue weighted by atomic mass is 9.57. The van der Waals surface area contributed by atoms with Gasteiger partial charge in [0.1, 0.15) is 22.8 Å². The molecule has 3 aliphatic rings. The molecule has 3 aliphatic carbocycles. The quantitative estimate of drug-likeness (QED) is 0.321. The van der Waals surface area contributed by atoms with Crippen molar-refractivity contribution in [2.75, 3.05) is 33.1 Å². The summed E-state index contributed by atoms with van der Waals surface area (Å²) >= 11 is 1.38. The average Bonchev–Trinajstić information content (AvgIpc) is 3.38. The third kappa shape index (κ3) is 3.47. The number of nitroso groups, excluding NO2 is 1. The van der Waals surface area contributed by atoms with Gasteiger partial charge in [0.05, 0.1) is 11.6 Å². The summed E-state index contributed by atoms with van der Waals surface area (Å²) in [5.74, 6) is -6.75. The second kappa shape index (κ2) is 9.02. The molecule has 5 rings (SSSR count). The lowest BCUT2D eigenvalue weighted by Gasteiger charge is -2.49. The molecule has 0 bridgehead atoms. The van der Waals surface area contributed by atoms with E-state index in [1.165, 1.54) is 16.2 Å². The Labute approximate surface area is 227 Å². The number of ketones is 2. The van der Waals surface area contributed by atoms with Crippen LogP contribution in [0.15, 0.2) is 51.4 Å². The van der Waals surface area contributed by atoms with E-state index in [9.17, 15) is 34.6 Å². The summed E-state index contributed by atoms with van der Waals surface area (Å²) in [5.41, 5.74) is 3.48. The van der Waals surface area contributed by atoms with Crippen molar-refractivity contribution >= 4 is 34.5 Å². The molecule has 0 unspecified atom stereocenters. The number of aromatic hydroxyl groups is 1. The van der Waals surface area contributed by atoms with Gasteiger partial charge in [0.2, 0.25) is 11.3 Å². The minimum atomic E-state index is -2.55. The molecule has 4 atom stereocenters. The zero-order valence-electron chi connectivity index (χ0n) is 21.8. The summed E-state index contributed by atoms with van der Waals surface area (Å²) < 4.78 is 0. The zero-order valence-corrected chi connectivity index (χ0v) is 22.6. The van der Waals surface area contributed by atoms with Crippen molar-refractivity contribution in [2.24, 2.45) is 22.7 Å². The predicted octanol–water partition coefficient (Wildman–Crippen LogP) is 2.69. The van der Waals surface area contributed by atoms with Gasteiger partial charge in [-0.15, -0.1) is 16.2 Å². The Morgan fingerprint density at radius 1 is 1.18 bits per heavy atom. The Hall–Kier alpha value is -4.03. The number of aliphatic hydroxyl groups is 2. The van der Waals surface area contributed by atoms with E-state index in [4.69, 9.17) is 5.73 Å². The standard InChI is InChI=1S/C27H28N4O7S/c1-30(2)15-10-13(16-6-5-7-39-16)21(32)18-12(15)8-11-9-14-20(31(3)4)23(34)19(26(28)37)25(36)27(14,29-38)24(35)17(11)22(18)33/h5-7,10-11,14,20,32,34-35H,8-9H2,1-4H3,(H2,28,37)/t11-,14-,20-,27-/m0/s1. The van der Waals surface area contributed by atoms with Crippen LogP contribution < -0.4 is 10.6 Å². The number of hydrogen-bond acceptors (Lipinski definition) is 11. The van der Waals surface area contributed by atoms with Gasteiger partial charge in [-0.05, 0) is 61.1 Å². The molecule has 0 spiro atoms. The fourth-order valence-corrected chi connectivity index (χ4v) is 7.21. The first-order chi connectivity index (χ1) is 18.4. The van der Waals surface area contributed by atoms with Crippen molar-refractivity contribution in [1.29, 1.82) is 0 Å². The minimum Gasteiger partial charge on any atom is -0.510 e. The molecule has 5 N–H and O–H groups in total. The number of hydrogen-bond donors (Lipinski definition) is 4. The summed E-state index contributed by atoms with van der Waals surface area (Å²) in [5, 5.41) is 38.8.